The maximum absolute atomic E-state index is 10.7. The van der Waals surface area contributed by atoms with E-state index in [-0.39, 0.29) is 11.4 Å². The number of ether oxygens (including phenoxy) is 4. The Morgan fingerprint density at radius 1 is 0.812 bits per heavy atom. The lowest BCUT2D eigenvalue weighted by atomic mass is 9.98. The van der Waals surface area contributed by atoms with E-state index in [4.69, 9.17) is 18.9 Å². The smallest absolute Gasteiger partial charge is 0.269 e. The minimum atomic E-state index is -1.71. The van der Waals surface area contributed by atoms with Gasteiger partial charge in [0.25, 0.3) is 5.69 Å². The molecule has 0 bridgehead atoms. The number of benzene rings is 1. The van der Waals surface area contributed by atoms with E-state index in [2.05, 4.69) is 0 Å². The summed E-state index contributed by atoms with van der Waals surface area (Å²) in [6, 6.07) is 4.83. The molecule has 180 valence electrons. The fraction of sp³-hybridized carbons (Fsp3) is 0.667. The van der Waals surface area contributed by atoms with Crippen LogP contribution in [0.25, 0.3) is 0 Å². The van der Waals surface area contributed by atoms with Crippen molar-refractivity contribution < 1.29 is 59.6 Å². The Labute approximate surface area is 180 Å². The third kappa shape index (κ3) is 5.15. The van der Waals surface area contributed by atoms with E-state index in [1.165, 1.54) is 12.1 Å². The molecule has 0 amide bonds. The van der Waals surface area contributed by atoms with Gasteiger partial charge in [-0.15, -0.1) is 0 Å². The van der Waals surface area contributed by atoms with E-state index in [1.54, 1.807) is 0 Å². The van der Waals surface area contributed by atoms with Gasteiger partial charge in [-0.3, -0.25) is 10.1 Å². The largest absolute Gasteiger partial charge is 0.462 e. The molecule has 14 heteroatoms. The lowest BCUT2D eigenvalue weighted by Gasteiger charge is -2.42. The van der Waals surface area contributed by atoms with Gasteiger partial charge in [-0.1, -0.05) is 0 Å². The molecular formula is C18H25NO13. The molecule has 0 unspecified atom stereocenters. The summed E-state index contributed by atoms with van der Waals surface area (Å²) in [5, 5.41) is 80.1. The SMILES string of the molecule is O=[N+]([O-])c1ccc(O[C@H]2O[C@H](CO[C@@H]3O[C@H](CO)[C@@H](O)[C@H](O)[C@@H]3O)[C@@H](O)[C@H](O)[C@@H]2O)cc1. The molecular weight excluding hydrogens is 438 g/mol. The molecule has 32 heavy (non-hydrogen) atoms. The maximum Gasteiger partial charge on any atom is 0.269 e. The molecule has 14 nitrogen and oxygen atoms in total. The second kappa shape index (κ2) is 10.3. The highest BCUT2D eigenvalue weighted by Gasteiger charge is 2.47. The third-order valence-electron chi connectivity index (χ3n) is 5.24. The molecule has 0 aromatic heterocycles. The average molecular weight is 463 g/mol. The van der Waals surface area contributed by atoms with Crippen LogP contribution in [0.5, 0.6) is 5.75 Å². The van der Waals surface area contributed by atoms with Gasteiger partial charge in [-0.05, 0) is 12.1 Å². The van der Waals surface area contributed by atoms with Crippen molar-refractivity contribution in [2.24, 2.45) is 0 Å². The van der Waals surface area contributed by atoms with Crippen LogP contribution in [0, 0.1) is 10.1 Å². The highest BCUT2D eigenvalue weighted by Crippen LogP contribution is 2.27. The first-order chi connectivity index (χ1) is 15.1. The zero-order valence-corrected chi connectivity index (χ0v) is 16.5. The van der Waals surface area contributed by atoms with Crippen molar-refractivity contribution in [2.75, 3.05) is 13.2 Å². The van der Waals surface area contributed by atoms with Crippen molar-refractivity contribution in [3.8, 4) is 5.75 Å². The van der Waals surface area contributed by atoms with Gasteiger partial charge in [-0.2, -0.15) is 0 Å². The third-order valence-corrected chi connectivity index (χ3v) is 5.24. The van der Waals surface area contributed by atoms with Crippen molar-refractivity contribution >= 4 is 5.69 Å². The zero-order valence-electron chi connectivity index (χ0n) is 16.5. The number of non-ortho nitro benzene ring substituents is 1. The standard InChI is InChI=1S/C18H25NO13/c20-5-9-11(21)13(23)15(25)17(31-9)29-6-10-12(22)14(24)16(26)18(32-10)30-8-3-1-7(2-4-8)19(27)28/h1-4,9-18,20-26H,5-6H2/t9-,10-,11-,12-,13+,14+,15+,16+,17-,18+/m1/s1. The summed E-state index contributed by atoms with van der Waals surface area (Å²) in [6.07, 6.45) is -15.4. The van der Waals surface area contributed by atoms with Crippen LogP contribution in [0.2, 0.25) is 0 Å². The van der Waals surface area contributed by atoms with Crippen LogP contribution in [0.3, 0.4) is 0 Å². The fourth-order valence-corrected chi connectivity index (χ4v) is 3.33. The molecule has 2 heterocycles. The fourth-order valence-electron chi connectivity index (χ4n) is 3.33. The normalized spacial score (nSPS) is 40.1. The Balaban J connectivity index is 1.64. The van der Waals surface area contributed by atoms with E-state index in [0.717, 1.165) is 12.1 Å². The summed E-state index contributed by atoms with van der Waals surface area (Å²) in [6.45, 7) is -1.17. The molecule has 2 aliphatic heterocycles. The second-order valence-corrected chi connectivity index (χ2v) is 7.41. The van der Waals surface area contributed by atoms with E-state index < -0.39 is 79.5 Å². The van der Waals surface area contributed by atoms with Crippen LogP contribution in [-0.2, 0) is 14.2 Å². The molecule has 1 aromatic rings. The number of aliphatic hydroxyl groups is 7. The number of hydrogen-bond acceptors (Lipinski definition) is 13. The van der Waals surface area contributed by atoms with Crippen molar-refractivity contribution in [3.63, 3.8) is 0 Å². The summed E-state index contributed by atoms with van der Waals surface area (Å²) < 4.78 is 21.4. The van der Waals surface area contributed by atoms with Crippen molar-refractivity contribution in [2.45, 2.75) is 61.4 Å². The summed E-state index contributed by atoms with van der Waals surface area (Å²) in [5.41, 5.74) is -0.191. The van der Waals surface area contributed by atoms with Crippen molar-refractivity contribution in [1.29, 1.82) is 0 Å². The van der Waals surface area contributed by atoms with E-state index in [1.807, 2.05) is 0 Å². The minimum Gasteiger partial charge on any atom is -0.462 e. The molecule has 0 spiro atoms. The van der Waals surface area contributed by atoms with Gasteiger partial charge in [-0.25, -0.2) is 0 Å². The van der Waals surface area contributed by atoms with Crippen LogP contribution in [0.15, 0.2) is 24.3 Å². The number of nitro benzene ring substituents is 1. The van der Waals surface area contributed by atoms with Crippen LogP contribution in [0.1, 0.15) is 0 Å². The second-order valence-electron chi connectivity index (χ2n) is 7.41. The predicted molar refractivity (Wildman–Crippen MR) is 100 cm³/mol. The van der Waals surface area contributed by atoms with Crippen LogP contribution < -0.4 is 4.74 Å². The Morgan fingerprint density at radius 2 is 1.34 bits per heavy atom. The summed E-state index contributed by atoms with van der Waals surface area (Å²) in [7, 11) is 0. The van der Waals surface area contributed by atoms with Gasteiger partial charge in [0, 0.05) is 12.1 Å². The molecule has 2 saturated heterocycles. The number of rotatable bonds is 7. The van der Waals surface area contributed by atoms with E-state index in [9.17, 15) is 45.9 Å². The molecule has 2 fully saturated rings. The molecule has 10 atom stereocenters. The van der Waals surface area contributed by atoms with Gasteiger partial charge in [0.15, 0.2) is 6.29 Å². The van der Waals surface area contributed by atoms with Crippen LogP contribution >= 0.6 is 0 Å². The van der Waals surface area contributed by atoms with Crippen molar-refractivity contribution in [1.82, 2.24) is 0 Å². The number of aliphatic hydroxyl groups excluding tert-OH is 7. The molecule has 3 rings (SSSR count). The zero-order chi connectivity index (χ0) is 23.6. The first-order valence-corrected chi connectivity index (χ1v) is 9.67. The molecule has 0 radical (unpaired) electrons. The summed E-state index contributed by atoms with van der Waals surface area (Å²) >= 11 is 0. The lowest BCUT2D eigenvalue weighted by molar-refractivity contribution is -0.384. The van der Waals surface area contributed by atoms with Gasteiger partial charge < -0.3 is 54.7 Å². The number of hydrogen-bond donors (Lipinski definition) is 7. The van der Waals surface area contributed by atoms with E-state index in [0.29, 0.717) is 0 Å². The Bertz CT molecular complexity index is 762. The Hall–Kier alpha value is -1.98. The monoisotopic (exact) mass is 463 g/mol. The Morgan fingerprint density at radius 3 is 1.91 bits per heavy atom. The van der Waals surface area contributed by atoms with Crippen LogP contribution in [-0.4, -0.2) is 115 Å². The minimum absolute atomic E-state index is 0.0804. The van der Waals surface area contributed by atoms with Gasteiger partial charge in [0.05, 0.1) is 18.1 Å². The van der Waals surface area contributed by atoms with Gasteiger partial charge >= 0.3 is 0 Å². The topological polar surface area (TPSA) is 222 Å². The number of nitro groups is 1. The van der Waals surface area contributed by atoms with Crippen LogP contribution in [0.4, 0.5) is 5.69 Å². The molecule has 0 aliphatic carbocycles. The molecule has 0 saturated carbocycles. The first-order valence-electron chi connectivity index (χ1n) is 9.67. The highest BCUT2D eigenvalue weighted by molar-refractivity contribution is 5.36. The summed E-state index contributed by atoms with van der Waals surface area (Å²) in [4.78, 5) is 10.1. The van der Waals surface area contributed by atoms with Gasteiger partial charge in [0.2, 0.25) is 6.29 Å². The summed E-state index contributed by atoms with van der Waals surface area (Å²) in [5.74, 6) is 0.0804. The maximum atomic E-state index is 10.7. The average Bonchev–Trinajstić information content (AvgIpc) is 2.78. The Kier molecular flexibility index (Phi) is 7.94. The number of nitrogens with zero attached hydrogens (tertiary/aromatic N) is 1. The molecule has 2 aliphatic rings. The quantitative estimate of drug-likeness (QED) is 0.155. The molecule has 7 N–H and O–H groups in total. The predicted octanol–water partition coefficient (Wildman–Crippen LogP) is -3.40. The highest BCUT2D eigenvalue weighted by atomic mass is 16.7. The van der Waals surface area contributed by atoms with E-state index >= 15 is 0 Å². The van der Waals surface area contributed by atoms with Gasteiger partial charge in [0.1, 0.15) is 54.6 Å². The molecule has 1 aromatic carbocycles. The lowest BCUT2D eigenvalue weighted by Crippen LogP contribution is -2.62. The first kappa shape index (κ1) is 24.7. The van der Waals surface area contributed by atoms with Crippen molar-refractivity contribution in [3.05, 3.63) is 34.4 Å².